The zero-order chi connectivity index (χ0) is 17.8. The van der Waals surface area contributed by atoms with E-state index in [0.717, 1.165) is 18.3 Å². The van der Waals surface area contributed by atoms with Crippen molar-refractivity contribution >= 4 is 0 Å². The highest BCUT2D eigenvalue weighted by atomic mass is 14.6. The molecule has 2 unspecified atom stereocenters. The third-order valence-corrected chi connectivity index (χ3v) is 7.65. The number of fused-ring (bicyclic) bond motifs is 8. The van der Waals surface area contributed by atoms with Crippen LogP contribution in [0.2, 0.25) is 0 Å². The van der Waals surface area contributed by atoms with Gasteiger partial charge in [0.25, 0.3) is 0 Å². The van der Waals surface area contributed by atoms with Crippen LogP contribution in [0.4, 0.5) is 0 Å². The van der Waals surface area contributed by atoms with Gasteiger partial charge < -0.3 is 0 Å². The molecule has 6 rings (SSSR count). The molecule has 0 bridgehead atoms. The van der Waals surface area contributed by atoms with Crippen LogP contribution in [0.3, 0.4) is 0 Å². The van der Waals surface area contributed by atoms with Crippen LogP contribution in [-0.2, 0) is 18.3 Å². The molecule has 0 heteroatoms. The lowest BCUT2D eigenvalue weighted by atomic mass is 9.48. The highest BCUT2D eigenvalue weighted by Crippen LogP contribution is 2.59. The normalized spacial score (nSPS) is 24.4. The molecular formula is C27H26. The van der Waals surface area contributed by atoms with E-state index in [9.17, 15) is 0 Å². The second-order valence-corrected chi connectivity index (χ2v) is 8.81. The molecule has 1 saturated carbocycles. The van der Waals surface area contributed by atoms with E-state index in [1.807, 2.05) is 0 Å². The first-order valence-electron chi connectivity index (χ1n) is 10.6. The summed E-state index contributed by atoms with van der Waals surface area (Å²) in [5.41, 5.74) is 9.49. The molecular weight excluding hydrogens is 324 g/mol. The average Bonchev–Trinajstić information content (AvgIpc) is 2.73. The van der Waals surface area contributed by atoms with Crippen LogP contribution in [0.1, 0.15) is 59.1 Å². The number of hydrogen-bond acceptors (Lipinski definition) is 0. The number of rotatable bonds is 0. The van der Waals surface area contributed by atoms with Gasteiger partial charge in [-0.2, -0.15) is 0 Å². The van der Waals surface area contributed by atoms with Crippen molar-refractivity contribution in [2.24, 2.45) is 11.8 Å². The van der Waals surface area contributed by atoms with Crippen LogP contribution in [0.25, 0.3) is 0 Å². The minimum absolute atomic E-state index is 0.0470. The largest absolute Gasteiger partial charge is 0.0620 e. The lowest BCUT2D eigenvalue weighted by Crippen LogP contribution is -2.49. The molecule has 0 heterocycles. The Bertz CT molecular complexity index is 966. The van der Waals surface area contributed by atoms with Crippen molar-refractivity contribution in [3.63, 3.8) is 0 Å². The Kier molecular flexibility index (Phi) is 3.39. The van der Waals surface area contributed by atoms with Crippen molar-refractivity contribution in [3.05, 3.63) is 106 Å². The lowest BCUT2D eigenvalue weighted by molar-refractivity contribution is 0.156. The first kappa shape index (κ1) is 15.7. The van der Waals surface area contributed by atoms with Gasteiger partial charge in [-0.3, -0.25) is 0 Å². The summed E-state index contributed by atoms with van der Waals surface area (Å²) in [5.74, 6) is 1.54. The van der Waals surface area contributed by atoms with Gasteiger partial charge in [-0.15, -0.1) is 0 Å². The van der Waals surface area contributed by atoms with Crippen molar-refractivity contribution < 1.29 is 0 Å². The van der Waals surface area contributed by atoms with Gasteiger partial charge in [0.1, 0.15) is 0 Å². The summed E-state index contributed by atoms with van der Waals surface area (Å²) in [4.78, 5) is 0. The van der Waals surface area contributed by atoms with Crippen LogP contribution in [0, 0.1) is 11.8 Å². The van der Waals surface area contributed by atoms with E-state index in [1.165, 1.54) is 43.2 Å². The van der Waals surface area contributed by atoms with Crippen molar-refractivity contribution in [1.29, 1.82) is 0 Å². The van der Waals surface area contributed by atoms with Crippen LogP contribution < -0.4 is 0 Å². The van der Waals surface area contributed by atoms with E-state index in [4.69, 9.17) is 0 Å². The maximum Gasteiger partial charge on any atom is 0.0490 e. The second kappa shape index (κ2) is 5.83. The van der Waals surface area contributed by atoms with Gasteiger partial charge in [-0.25, -0.2) is 0 Å². The maximum atomic E-state index is 2.44. The third-order valence-electron chi connectivity index (χ3n) is 7.65. The molecule has 1 fully saturated rings. The topological polar surface area (TPSA) is 0 Å². The van der Waals surface area contributed by atoms with Crippen molar-refractivity contribution in [3.8, 4) is 0 Å². The molecule has 0 amide bonds. The molecule has 0 saturated heterocycles. The van der Waals surface area contributed by atoms with Crippen LogP contribution >= 0.6 is 0 Å². The van der Waals surface area contributed by atoms with Gasteiger partial charge in [0.05, 0.1) is 0 Å². The Hall–Kier alpha value is -2.34. The lowest BCUT2D eigenvalue weighted by Gasteiger charge is -2.54. The summed E-state index contributed by atoms with van der Waals surface area (Å²) in [6.07, 6.45) is 7.89. The fraction of sp³-hybridized carbons (Fsp3) is 0.333. The summed E-state index contributed by atoms with van der Waals surface area (Å²) >= 11 is 0. The molecule has 3 aliphatic rings. The molecule has 0 N–H and O–H groups in total. The summed E-state index contributed by atoms with van der Waals surface area (Å²) in [5, 5.41) is 0. The Labute approximate surface area is 162 Å². The Morgan fingerprint density at radius 3 is 1.78 bits per heavy atom. The fourth-order valence-corrected chi connectivity index (χ4v) is 6.75. The predicted octanol–water partition coefficient (Wildman–Crippen LogP) is 6.29. The SMILES string of the molecule is c1ccc2c(c1)Cc1ccccc1C21c2ccccc2CC2CCCCC21. The summed E-state index contributed by atoms with van der Waals surface area (Å²) in [7, 11) is 0. The minimum Gasteiger partial charge on any atom is -0.0620 e. The van der Waals surface area contributed by atoms with E-state index < -0.39 is 0 Å². The highest BCUT2D eigenvalue weighted by molar-refractivity contribution is 5.63. The Morgan fingerprint density at radius 2 is 1.11 bits per heavy atom. The van der Waals surface area contributed by atoms with E-state index in [1.54, 1.807) is 22.3 Å². The van der Waals surface area contributed by atoms with Crippen molar-refractivity contribution in [2.45, 2.75) is 43.9 Å². The zero-order valence-corrected chi connectivity index (χ0v) is 15.8. The zero-order valence-electron chi connectivity index (χ0n) is 15.8. The second-order valence-electron chi connectivity index (χ2n) is 8.81. The highest BCUT2D eigenvalue weighted by Gasteiger charge is 2.53. The molecule has 134 valence electrons. The Balaban J connectivity index is 1.76. The van der Waals surface area contributed by atoms with Gasteiger partial charge >= 0.3 is 0 Å². The molecule has 3 aromatic carbocycles. The van der Waals surface area contributed by atoms with Crippen LogP contribution in [0.5, 0.6) is 0 Å². The molecule has 1 spiro atoms. The average molecular weight is 351 g/mol. The number of benzene rings is 3. The molecule has 0 aromatic heterocycles. The Morgan fingerprint density at radius 1 is 0.593 bits per heavy atom. The molecule has 3 aromatic rings. The molecule has 0 radical (unpaired) electrons. The third kappa shape index (κ3) is 2.05. The van der Waals surface area contributed by atoms with E-state index in [0.29, 0.717) is 0 Å². The molecule has 3 aliphatic carbocycles. The molecule has 0 nitrogen and oxygen atoms in total. The smallest absolute Gasteiger partial charge is 0.0490 e. The standard InChI is InChI=1S/C27H26/c1-5-13-23-19(9-1)17-20-10-2-6-14-24(20)27(23)25-15-7-3-11-21(25)18-22-12-4-8-16-26(22)27/h1-3,5-7,9-11,13-15,22,26H,4,8,12,16-18H2. The molecule has 2 atom stereocenters. The summed E-state index contributed by atoms with van der Waals surface area (Å²) in [6, 6.07) is 28.0. The fourth-order valence-electron chi connectivity index (χ4n) is 6.75. The van der Waals surface area contributed by atoms with Gasteiger partial charge in [-0.05, 0) is 70.9 Å². The first-order valence-corrected chi connectivity index (χ1v) is 10.6. The maximum absolute atomic E-state index is 2.44. The van der Waals surface area contributed by atoms with Crippen molar-refractivity contribution in [2.75, 3.05) is 0 Å². The summed E-state index contributed by atoms with van der Waals surface area (Å²) in [6.45, 7) is 0. The quantitative estimate of drug-likeness (QED) is 0.447. The van der Waals surface area contributed by atoms with E-state index in [2.05, 4.69) is 72.8 Å². The monoisotopic (exact) mass is 350 g/mol. The predicted molar refractivity (Wildman–Crippen MR) is 111 cm³/mol. The minimum atomic E-state index is 0.0470. The molecule has 0 aliphatic heterocycles. The van der Waals surface area contributed by atoms with E-state index >= 15 is 0 Å². The van der Waals surface area contributed by atoms with Gasteiger partial charge in [-0.1, -0.05) is 85.6 Å². The van der Waals surface area contributed by atoms with Gasteiger partial charge in [0, 0.05) is 5.41 Å². The van der Waals surface area contributed by atoms with Crippen LogP contribution in [0.15, 0.2) is 72.8 Å². The number of hydrogen-bond donors (Lipinski definition) is 0. The first-order chi connectivity index (χ1) is 13.4. The van der Waals surface area contributed by atoms with Gasteiger partial charge in [0.2, 0.25) is 0 Å². The van der Waals surface area contributed by atoms with Gasteiger partial charge in [0.15, 0.2) is 0 Å². The van der Waals surface area contributed by atoms with Crippen LogP contribution in [-0.4, -0.2) is 0 Å². The molecule has 27 heavy (non-hydrogen) atoms. The van der Waals surface area contributed by atoms with Crippen molar-refractivity contribution in [1.82, 2.24) is 0 Å². The summed E-state index contributed by atoms with van der Waals surface area (Å²) < 4.78 is 0. The van der Waals surface area contributed by atoms with E-state index in [-0.39, 0.29) is 5.41 Å².